The summed E-state index contributed by atoms with van der Waals surface area (Å²) in [5, 5.41) is 6.86. The van der Waals surface area contributed by atoms with Gasteiger partial charge in [0.1, 0.15) is 23.0 Å². The van der Waals surface area contributed by atoms with Crippen LogP contribution in [-0.4, -0.2) is 32.6 Å². The number of nitrogens with zero attached hydrogens (tertiary/aromatic N) is 4. The highest BCUT2D eigenvalue weighted by Gasteiger charge is 2.23. The lowest BCUT2D eigenvalue weighted by molar-refractivity contribution is 0.341. The van der Waals surface area contributed by atoms with Crippen LogP contribution in [0.3, 0.4) is 0 Å². The highest BCUT2D eigenvalue weighted by Crippen LogP contribution is 2.33. The predicted octanol–water partition coefficient (Wildman–Crippen LogP) is 5.04. The number of halogens is 3. The topological polar surface area (TPSA) is 67.7 Å². The minimum atomic E-state index is -0.432. The van der Waals surface area contributed by atoms with Crippen molar-refractivity contribution in [1.29, 1.82) is 0 Å². The van der Waals surface area contributed by atoms with Crippen molar-refractivity contribution in [2.24, 2.45) is 5.92 Å². The first-order valence-corrected chi connectivity index (χ1v) is 11.3. The molecule has 1 atom stereocenters. The molecule has 9 heteroatoms. The number of piperidine rings is 1. The van der Waals surface area contributed by atoms with Crippen LogP contribution >= 0.6 is 11.6 Å². The molecule has 6 nitrogen and oxygen atoms in total. The van der Waals surface area contributed by atoms with E-state index in [4.69, 9.17) is 11.6 Å². The molecule has 0 radical (unpaired) electrons. The molecule has 0 unspecified atom stereocenters. The first kappa shape index (κ1) is 21.7. The van der Waals surface area contributed by atoms with Gasteiger partial charge in [0.15, 0.2) is 5.65 Å². The molecule has 1 aliphatic heterocycles. The molecule has 170 valence electrons. The fraction of sp³-hybridized carbons (Fsp3) is 0.292. The molecule has 2 N–H and O–H groups in total. The van der Waals surface area contributed by atoms with E-state index in [1.165, 1.54) is 18.2 Å². The first-order valence-electron chi connectivity index (χ1n) is 10.9. The Labute approximate surface area is 195 Å². The van der Waals surface area contributed by atoms with Crippen LogP contribution < -0.4 is 10.6 Å². The minimum absolute atomic E-state index is 0.259. The van der Waals surface area contributed by atoms with Crippen molar-refractivity contribution in [1.82, 2.24) is 24.8 Å². The minimum Gasteiger partial charge on any atom is -0.350 e. The van der Waals surface area contributed by atoms with Gasteiger partial charge in [-0.2, -0.15) is 4.98 Å². The van der Waals surface area contributed by atoms with E-state index in [0.717, 1.165) is 31.5 Å². The van der Waals surface area contributed by atoms with Crippen molar-refractivity contribution in [2.75, 3.05) is 18.4 Å². The Kier molecular flexibility index (Phi) is 6.20. The van der Waals surface area contributed by atoms with Gasteiger partial charge in [-0.1, -0.05) is 29.8 Å². The third-order valence-electron chi connectivity index (χ3n) is 5.85. The number of imidazole rings is 1. The maximum Gasteiger partial charge on any atom is 0.225 e. The van der Waals surface area contributed by atoms with E-state index < -0.39 is 5.82 Å². The smallest absolute Gasteiger partial charge is 0.225 e. The lowest BCUT2D eigenvalue weighted by atomic mass is 9.99. The second kappa shape index (κ2) is 9.41. The Morgan fingerprint density at radius 3 is 2.82 bits per heavy atom. The molecule has 33 heavy (non-hydrogen) atoms. The zero-order valence-electron chi connectivity index (χ0n) is 17.9. The normalized spacial score (nSPS) is 16.3. The molecule has 3 heterocycles. The molecule has 2 aromatic carbocycles. The molecule has 0 amide bonds. The van der Waals surface area contributed by atoms with E-state index in [1.54, 1.807) is 24.4 Å². The molecule has 4 aromatic rings. The molecular formula is C24H23ClF2N6. The summed E-state index contributed by atoms with van der Waals surface area (Å²) in [5.74, 6) is 0.463. The largest absolute Gasteiger partial charge is 0.350 e. The molecule has 0 saturated carbocycles. The maximum absolute atomic E-state index is 14.8. The van der Waals surface area contributed by atoms with Crippen molar-refractivity contribution in [2.45, 2.75) is 25.9 Å². The molecule has 0 spiro atoms. The van der Waals surface area contributed by atoms with E-state index in [2.05, 4.69) is 25.6 Å². The SMILES string of the molecule is Fc1cccc(CNc2ncc3nc(-c4c(F)cccc4Cl)n(C[C@@H]4CCCNC4)c3n2)c1. The second-order valence-corrected chi connectivity index (χ2v) is 8.65. The third kappa shape index (κ3) is 4.67. The van der Waals surface area contributed by atoms with Crippen molar-refractivity contribution in [3.8, 4) is 11.4 Å². The zero-order chi connectivity index (χ0) is 22.8. The van der Waals surface area contributed by atoms with Crippen LogP contribution in [0.1, 0.15) is 18.4 Å². The van der Waals surface area contributed by atoms with E-state index in [0.29, 0.717) is 47.0 Å². The molecule has 0 bridgehead atoms. The monoisotopic (exact) mass is 468 g/mol. The predicted molar refractivity (Wildman–Crippen MR) is 125 cm³/mol. The quantitative estimate of drug-likeness (QED) is 0.415. The van der Waals surface area contributed by atoms with Crippen molar-refractivity contribution in [3.05, 3.63) is 70.9 Å². The van der Waals surface area contributed by atoms with E-state index in [9.17, 15) is 8.78 Å². The van der Waals surface area contributed by atoms with Crippen LogP contribution in [0.15, 0.2) is 48.7 Å². The summed E-state index contributed by atoms with van der Waals surface area (Å²) in [6.07, 6.45) is 3.76. The molecule has 1 aliphatic rings. The van der Waals surface area contributed by atoms with Gasteiger partial charge in [0, 0.05) is 13.1 Å². The average molecular weight is 469 g/mol. The number of nitrogens with one attached hydrogen (secondary N) is 2. The summed E-state index contributed by atoms with van der Waals surface area (Å²) in [6.45, 7) is 2.88. The Morgan fingerprint density at radius 2 is 2.03 bits per heavy atom. The lowest BCUT2D eigenvalue weighted by Crippen LogP contribution is -2.32. The van der Waals surface area contributed by atoms with Crippen molar-refractivity contribution < 1.29 is 8.78 Å². The molecule has 5 rings (SSSR count). The number of anilines is 1. The van der Waals surface area contributed by atoms with Gasteiger partial charge in [0.25, 0.3) is 0 Å². The summed E-state index contributed by atoms with van der Waals surface area (Å²) in [4.78, 5) is 13.7. The number of hydrogen-bond donors (Lipinski definition) is 2. The number of hydrogen-bond acceptors (Lipinski definition) is 5. The van der Waals surface area contributed by atoms with Gasteiger partial charge in [0.05, 0.1) is 16.8 Å². The van der Waals surface area contributed by atoms with Gasteiger partial charge >= 0.3 is 0 Å². The lowest BCUT2D eigenvalue weighted by Gasteiger charge is -2.24. The zero-order valence-corrected chi connectivity index (χ0v) is 18.6. The van der Waals surface area contributed by atoms with Crippen LogP contribution in [0.25, 0.3) is 22.6 Å². The maximum atomic E-state index is 14.8. The highest BCUT2D eigenvalue weighted by molar-refractivity contribution is 6.33. The Bertz CT molecular complexity index is 1270. The van der Waals surface area contributed by atoms with Crippen LogP contribution in [0.5, 0.6) is 0 Å². The highest BCUT2D eigenvalue weighted by atomic mass is 35.5. The number of aromatic nitrogens is 4. The third-order valence-corrected chi connectivity index (χ3v) is 6.17. The first-order chi connectivity index (χ1) is 16.1. The molecule has 1 fully saturated rings. The van der Waals surface area contributed by atoms with E-state index in [-0.39, 0.29) is 11.4 Å². The number of rotatable bonds is 6. The van der Waals surface area contributed by atoms with E-state index in [1.807, 2.05) is 10.6 Å². The Balaban J connectivity index is 1.54. The summed E-state index contributed by atoms with van der Waals surface area (Å²) < 4.78 is 30.2. The van der Waals surface area contributed by atoms with Crippen LogP contribution in [0.4, 0.5) is 14.7 Å². The van der Waals surface area contributed by atoms with Gasteiger partial charge in [0.2, 0.25) is 5.95 Å². The summed E-state index contributed by atoms with van der Waals surface area (Å²) in [6, 6.07) is 11.0. The van der Waals surface area contributed by atoms with Crippen LogP contribution in [0, 0.1) is 17.6 Å². The molecular weight excluding hydrogens is 446 g/mol. The number of benzene rings is 2. The second-order valence-electron chi connectivity index (χ2n) is 8.24. The molecule has 0 aliphatic carbocycles. The summed E-state index contributed by atoms with van der Waals surface area (Å²) in [7, 11) is 0. The van der Waals surface area contributed by atoms with Crippen LogP contribution in [-0.2, 0) is 13.1 Å². The molecule has 1 saturated heterocycles. The van der Waals surface area contributed by atoms with E-state index >= 15 is 0 Å². The van der Waals surface area contributed by atoms with Gasteiger partial charge in [-0.05, 0) is 61.7 Å². The van der Waals surface area contributed by atoms with Crippen molar-refractivity contribution in [3.63, 3.8) is 0 Å². The van der Waals surface area contributed by atoms with Gasteiger partial charge in [-0.15, -0.1) is 0 Å². The van der Waals surface area contributed by atoms with Gasteiger partial charge < -0.3 is 15.2 Å². The fourth-order valence-electron chi connectivity index (χ4n) is 4.25. The van der Waals surface area contributed by atoms with Crippen LogP contribution in [0.2, 0.25) is 5.02 Å². The fourth-order valence-corrected chi connectivity index (χ4v) is 4.49. The summed E-state index contributed by atoms with van der Waals surface area (Å²) >= 11 is 6.38. The standard InChI is InChI=1S/C24H23ClF2N6/c25-18-7-2-8-19(27)21(18)23-31-20-13-30-24(29-12-15-4-1-6-17(26)10-15)32-22(20)33(23)14-16-5-3-9-28-11-16/h1-2,4,6-8,10,13,16,28H,3,5,9,11-12,14H2,(H,29,30,32)/t16-/m1/s1. The van der Waals surface area contributed by atoms with Gasteiger partial charge in [-0.3, -0.25) is 0 Å². The number of fused-ring (bicyclic) bond motifs is 1. The Hall–Kier alpha value is -3.10. The molecule has 2 aromatic heterocycles. The Morgan fingerprint density at radius 1 is 1.15 bits per heavy atom. The summed E-state index contributed by atoms with van der Waals surface area (Å²) in [5.41, 5.74) is 2.20. The van der Waals surface area contributed by atoms with Gasteiger partial charge in [-0.25, -0.2) is 18.7 Å². The van der Waals surface area contributed by atoms with Crippen molar-refractivity contribution >= 4 is 28.7 Å². The average Bonchev–Trinajstić information content (AvgIpc) is 3.15.